The molecule has 1 unspecified atom stereocenters. The monoisotopic (exact) mass is 413 g/mol. The molecule has 0 spiro atoms. The van der Waals surface area contributed by atoms with Crippen molar-refractivity contribution in [2.24, 2.45) is 0 Å². The van der Waals surface area contributed by atoms with Crippen molar-refractivity contribution in [2.45, 2.75) is 24.8 Å². The maximum Gasteiger partial charge on any atom is 0.274 e. The normalized spacial score (nSPS) is 19.5. The summed E-state index contributed by atoms with van der Waals surface area (Å²) in [6.07, 6.45) is 0. The SMILES string of the molecule is Cc1c(Br)cc(S(=O)(=O)N2CCNCC2C)cc1[N+](=O)[O-].Cl. The highest BCUT2D eigenvalue weighted by Gasteiger charge is 2.32. The second kappa shape index (κ2) is 7.22. The Morgan fingerprint density at radius 3 is 2.64 bits per heavy atom. The van der Waals surface area contributed by atoms with Crippen molar-refractivity contribution in [1.82, 2.24) is 9.62 Å². The third-order valence-electron chi connectivity index (χ3n) is 3.53. The van der Waals surface area contributed by atoms with Crippen molar-refractivity contribution < 1.29 is 13.3 Å². The standard InChI is InChI=1S/C12H16BrN3O4S.ClH/c1-8-7-14-3-4-15(8)21(19,20)10-5-11(13)9(2)12(6-10)16(17)18;/h5-6,8,14H,3-4,7H2,1-2H3;1H. The van der Waals surface area contributed by atoms with E-state index in [9.17, 15) is 18.5 Å². The fourth-order valence-corrected chi connectivity index (χ4v) is 4.57. The van der Waals surface area contributed by atoms with Gasteiger partial charge in [-0.1, -0.05) is 15.9 Å². The van der Waals surface area contributed by atoms with E-state index in [0.29, 0.717) is 29.7 Å². The van der Waals surface area contributed by atoms with Gasteiger partial charge in [0.15, 0.2) is 0 Å². The fourth-order valence-electron chi connectivity index (χ4n) is 2.29. The summed E-state index contributed by atoms with van der Waals surface area (Å²) in [5.41, 5.74) is 0.207. The van der Waals surface area contributed by atoms with Crippen LogP contribution in [0.4, 0.5) is 5.69 Å². The first kappa shape index (κ1) is 19.3. The summed E-state index contributed by atoms with van der Waals surface area (Å²) >= 11 is 3.20. The molecular weight excluding hydrogens is 398 g/mol. The van der Waals surface area contributed by atoms with Crippen LogP contribution >= 0.6 is 28.3 Å². The van der Waals surface area contributed by atoms with Crippen LogP contribution in [0.15, 0.2) is 21.5 Å². The van der Waals surface area contributed by atoms with Gasteiger partial charge in [-0.2, -0.15) is 4.31 Å². The molecule has 1 aromatic carbocycles. The van der Waals surface area contributed by atoms with Gasteiger partial charge < -0.3 is 5.32 Å². The molecule has 1 fully saturated rings. The number of sulfonamides is 1. The number of piperazine rings is 1. The summed E-state index contributed by atoms with van der Waals surface area (Å²) in [4.78, 5) is 10.4. The molecule has 10 heteroatoms. The van der Waals surface area contributed by atoms with Crippen LogP contribution < -0.4 is 5.32 Å². The van der Waals surface area contributed by atoms with Crippen LogP contribution in [-0.2, 0) is 10.0 Å². The van der Waals surface area contributed by atoms with Gasteiger partial charge in [0.2, 0.25) is 10.0 Å². The van der Waals surface area contributed by atoms with Gasteiger partial charge in [0.1, 0.15) is 0 Å². The lowest BCUT2D eigenvalue weighted by Crippen LogP contribution is -2.52. The summed E-state index contributed by atoms with van der Waals surface area (Å²) < 4.78 is 27.2. The van der Waals surface area contributed by atoms with Crippen molar-refractivity contribution in [1.29, 1.82) is 0 Å². The number of nitro groups is 1. The van der Waals surface area contributed by atoms with E-state index in [1.165, 1.54) is 10.4 Å². The highest BCUT2D eigenvalue weighted by Crippen LogP contribution is 2.31. The first-order valence-electron chi connectivity index (χ1n) is 6.42. The Kier molecular flexibility index (Phi) is 6.34. The van der Waals surface area contributed by atoms with E-state index in [-0.39, 0.29) is 29.0 Å². The van der Waals surface area contributed by atoms with E-state index >= 15 is 0 Å². The van der Waals surface area contributed by atoms with Crippen LogP contribution in [0.1, 0.15) is 12.5 Å². The molecule has 0 bridgehead atoms. The third-order valence-corrected chi connectivity index (χ3v) is 6.35. The first-order chi connectivity index (χ1) is 9.75. The van der Waals surface area contributed by atoms with Crippen molar-refractivity contribution in [3.63, 3.8) is 0 Å². The predicted molar refractivity (Wildman–Crippen MR) is 89.0 cm³/mol. The molecule has 1 aliphatic heterocycles. The zero-order chi connectivity index (χ0) is 15.8. The van der Waals surface area contributed by atoms with Gasteiger partial charge in [-0.05, 0) is 19.9 Å². The highest BCUT2D eigenvalue weighted by molar-refractivity contribution is 9.10. The second-order valence-electron chi connectivity index (χ2n) is 4.98. The molecule has 0 aromatic heterocycles. The lowest BCUT2D eigenvalue weighted by atomic mass is 10.2. The molecule has 0 aliphatic carbocycles. The Morgan fingerprint density at radius 1 is 1.45 bits per heavy atom. The van der Waals surface area contributed by atoms with E-state index in [2.05, 4.69) is 21.2 Å². The van der Waals surface area contributed by atoms with E-state index in [1.807, 2.05) is 0 Å². The maximum atomic E-state index is 12.7. The Morgan fingerprint density at radius 2 is 2.09 bits per heavy atom. The average Bonchev–Trinajstić information content (AvgIpc) is 2.41. The fraction of sp³-hybridized carbons (Fsp3) is 0.500. The molecule has 1 N–H and O–H groups in total. The van der Waals surface area contributed by atoms with Crippen molar-refractivity contribution in [3.05, 3.63) is 32.3 Å². The molecule has 1 atom stereocenters. The molecule has 0 saturated carbocycles. The number of nitro benzene ring substituents is 1. The van der Waals surface area contributed by atoms with Gasteiger partial charge in [-0.25, -0.2) is 8.42 Å². The summed E-state index contributed by atoms with van der Waals surface area (Å²) in [5.74, 6) is 0. The number of nitrogens with one attached hydrogen (secondary N) is 1. The number of benzene rings is 1. The first-order valence-corrected chi connectivity index (χ1v) is 8.65. The largest absolute Gasteiger partial charge is 0.314 e. The van der Waals surface area contributed by atoms with Crippen LogP contribution in [0.2, 0.25) is 0 Å². The van der Waals surface area contributed by atoms with Crippen LogP contribution in [-0.4, -0.2) is 43.3 Å². The number of hydrogen-bond acceptors (Lipinski definition) is 5. The van der Waals surface area contributed by atoms with Gasteiger partial charge in [-0.3, -0.25) is 10.1 Å². The molecule has 7 nitrogen and oxygen atoms in total. The molecule has 1 aromatic rings. The summed E-state index contributed by atoms with van der Waals surface area (Å²) in [6.45, 7) is 4.86. The summed E-state index contributed by atoms with van der Waals surface area (Å²) in [7, 11) is -3.75. The number of rotatable bonds is 3. The molecule has 1 saturated heterocycles. The maximum absolute atomic E-state index is 12.7. The van der Waals surface area contributed by atoms with Gasteiger partial charge >= 0.3 is 0 Å². The number of halogens is 2. The Bertz CT molecular complexity index is 683. The lowest BCUT2D eigenvalue weighted by molar-refractivity contribution is -0.385. The lowest BCUT2D eigenvalue weighted by Gasteiger charge is -2.32. The van der Waals surface area contributed by atoms with Crippen molar-refractivity contribution in [3.8, 4) is 0 Å². The Hall–Kier alpha value is -0.740. The molecule has 0 amide bonds. The molecule has 2 rings (SSSR count). The number of nitrogens with zero attached hydrogens (tertiary/aromatic N) is 2. The Balaban J connectivity index is 0.00000242. The minimum absolute atomic E-state index is 0. The highest BCUT2D eigenvalue weighted by atomic mass is 79.9. The minimum Gasteiger partial charge on any atom is -0.314 e. The molecule has 1 aliphatic rings. The Labute approximate surface area is 143 Å². The van der Waals surface area contributed by atoms with Gasteiger partial charge in [0.25, 0.3) is 5.69 Å². The molecule has 22 heavy (non-hydrogen) atoms. The second-order valence-corrected chi connectivity index (χ2v) is 7.72. The molecule has 0 radical (unpaired) electrons. The van der Waals surface area contributed by atoms with Crippen molar-refractivity contribution in [2.75, 3.05) is 19.6 Å². The van der Waals surface area contributed by atoms with Gasteiger partial charge in [0.05, 0.1) is 9.82 Å². The molecular formula is C12H17BrClN3O4S. The van der Waals surface area contributed by atoms with E-state index in [0.717, 1.165) is 6.07 Å². The van der Waals surface area contributed by atoms with Crippen LogP contribution in [0, 0.1) is 17.0 Å². The van der Waals surface area contributed by atoms with Gasteiger partial charge in [-0.15, -0.1) is 12.4 Å². The van der Waals surface area contributed by atoms with Gasteiger partial charge in [0, 0.05) is 41.8 Å². The van der Waals surface area contributed by atoms with E-state index in [4.69, 9.17) is 0 Å². The zero-order valence-electron chi connectivity index (χ0n) is 12.1. The van der Waals surface area contributed by atoms with Crippen LogP contribution in [0.3, 0.4) is 0 Å². The van der Waals surface area contributed by atoms with Crippen molar-refractivity contribution >= 4 is 44.0 Å². The van der Waals surface area contributed by atoms with E-state index in [1.54, 1.807) is 13.8 Å². The summed E-state index contributed by atoms with van der Waals surface area (Å²) in [6, 6.07) is 2.36. The quantitative estimate of drug-likeness (QED) is 0.604. The zero-order valence-corrected chi connectivity index (χ0v) is 15.3. The smallest absolute Gasteiger partial charge is 0.274 e. The van der Waals surface area contributed by atoms with Crippen LogP contribution in [0.25, 0.3) is 0 Å². The third kappa shape index (κ3) is 3.60. The minimum atomic E-state index is -3.75. The summed E-state index contributed by atoms with van der Waals surface area (Å²) in [5, 5.41) is 14.2. The molecule has 124 valence electrons. The topological polar surface area (TPSA) is 92.6 Å². The predicted octanol–water partition coefficient (Wildman–Crippen LogP) is 2.07. The average molecular weight is 415 g/mol. The molecule has 1 heterocycles. The van der Waals surface area contributed by atoms with Crippen LogP contribution in [0.5, 0.6) is 0 Å². The number of hydrogen-bond donors (Lipinski definition) is 1. The van der Waals surface area contributed by atoms with E-state index < -0.39 is 14.9 Å².